The SMILES string of the molecule is C/C(=N\NC(=O)c1c(CN2CCCCC2)nnn1-c1nonc1N)c1cccc(O)c1. The zero-order chi connectivity index (χ0) is 21.8. The van der Waals surface area contributed by atoms with Crippen molar-refractivity contribution in [3.05, 3.63) is 41.2 Å². The highest BCUT2D eigenvalue weighted by Gasteiger charge is 2.26. The molecule has 0 spiro atoms. The monoisotopic (exact) mass is 425 g/mol. The molecule has 1 aliphatic rings. The number of benzene rings is 1. The summed E-state index contributed by atoms with van der Waals surface area (Å²) >= 11 is 0. The average molecular weight is 425 g/mol. The van der Waals surface area contributed by atoms with Crippen LogP contribution in [0.2, 0.25) is 0 Å². The number of phenols is 1. The molecule has 2 aromatic heterocycles. The summed E-state index contributed by atoms with van der Waals surface area (Å²) in [6.45, 7) is 4.04. The third-order valence-electron chi connectivity index (χ3n) is 5.06. The van der Waals surface area contributed by atoms with Crippen molar-refractivity contribution in [3.63, 3.8) is 0 Å². The van der Waals surface area contributed by atoms with Crippen LogP contribution in [0.4, 0.5) is 5.82 Å². The number of carbonyl (C=O) groups excluding carboxylic acids is 1. The molecule has 162 valence electrons. The fourth-order valence-electron chi connectivity index (χ4n) is 3.45. The number of anilines is 1. The molecule has 4 rings (SSSR count). The predicted molar refractivity (Wildman–Crippen MR) is 111 cm³/mol. The Bertz CT molecular complexity index is 1100. The number of carbonyl (C=O) groups is 1. The molecule has 0 saturated carbocycles. The van der Waals surface area contributed by atoms with E-state index in [4.69, 9.17) is 5.73 Å². The summed E-state index contributed by atoms with van der Waals surface area (Å²) in [5.74, 6) is -0.350. The second kappa shape index (κ2) is 8.92. The molecule has 1 aromatic carbocycles. The van der Waals surface area contributed by atoms with Crippen LogP contribution in [0.5, 0.6) is 5.75 Å². The van der Waals surface area contributed by atoms with Crippen molar-refractivity contribution in [1.29, 1.82) is 0 Å². The number of hydrogen-bond acceptors (Lipinski definition) is 10. The van der Waals surface area contributed by atoms with Gasteiger partial charge in [-0.15, -0.1) is 5.10 Å². The largest absolute Gasteiger partial charge is 0.508 e. The molecule has 1 amide bonds. The minimum atomic E-state index is -0.529. The molecular formula is C19H23N9O3. The molecule has 1 aliphatic heterocycles. The summed E-state index contributed by atoms with van der Waals surface area (Å²) in [6.07, 6.45) is 3.40. The van der Waals surface area contributed by atoms with Gasteiger partial charge >= 0.3 is 0 Å². The number of nitrogen functional groups attached to an aromatic ring is 1. The molecule has 31 heavy (non-hydrogen) atoms. The number of likely N-dealkylation sites (tertiary alicyclic amines) is 1. The van der Waals surface area contributed by atoms with E-state index in [0.717, 1.165) is 25.9 Å². The molecule has 12 heteroatoms. The Morgan fingerprint density at radius 2 is 2.10 bits per heavy atom. The first-order valence-electron chi connectivity index (χ1n) is 9.92. The zero-order valence-corrected chi connectivity index (χ0v) is 17.0. The minimum absolute atomic E-state index is 0.0112. The number of phenolic OH excluding ortho intramolecular Hbond substituents is 1. The normalized spacial score (nSPS) is 15.2. The lowest BCUT2D eigenvalue weighted by Crippen LogP contribution is -2.31. The third kappa shape index (κ3) is 4.53. The first kappa shape index (κ1) is 20.5. The fourth-order valence-corrected chi connectivity index (χ4v) is 3.45. The second-order valence-electron chi connectivity index (χ2n) is 7.29. The molecule has 0 bridgehead atoms. The summed E-state index contributed by atoms with van der Waals surface area (Å²) in [4.78, 5) is 15.3. The molecule has 1 saturated heterocycles. The van der Waals surface area contributed by atoms with Crippen LogP contribution < -0.4 is 11.2 Å². The highest BCUT2D eigenvalue weighted by atomic mass is 16.6. The van der Waals surface area contributed by atoms with Crippen LogP contribution in [0.1, 0.15) is 47.9 Å². The van der Waals surface area contributed by atoms with Gasteiger partial charge in [0.05, 0.1) is 5.71 Å². The van der Waals surface area contributed by atoms with Crippen LogP contribution in [0.25, 0.3) is 5.82 Å². The average Bonchev–Trinajstić information content (AvgIpc) is 3.38. The number of nitrogens with zero attached hydrogens (tertiary/aromatic N) is 7. The molecule has 0 radical (unpaired) electrons. The summed E-state index contributed by atoms with van der Waals surface area (Å²) in [6, 6.07) is 6.59. The van der Waals surface area contributed by atoms with E-state index in [1.807, 2.05) is 0 Å². The van der Waals surface area contributed by atoms with Crippen molar-refractivity contribution in [2.24, 2.45) is 5.10 Å². The van der Waals surface area contributed by atoms with Crippen molar-refractivity contribution < 1.29 is 14.5 Å². The van der Waals surface area contributed by atoms with E-state index >= 15 is 0 Å². The van der Waals surface area contributed by atoms with Gasteiger partial charge in [0, 0.05) is 12.1 Å². The van der Waals surface area contributed by atoms with E-state index in [9.17, 15) is 9.90 Å². The maximum absolute atomic E-state index is 13.1. The zero-order valence-electron chi connectivity index (χ0n) is 17.0. The highest BCUT2D eigenvalue weighted by molar-refractivity contribution is 6.01. The molecule has 3 heterocycles. The van der Waals surface area contributed by atoms with Gasteiger partial charge in [-0.05, 0) is 55.3 Å². The molecule has 4 N–H and O–H groups in total. The highest BCUT2D eigenvalue weighted by Crippen LogP contribution is 2.19. The minimum Gasteiger partial charge on any atom is -0.508 e. The van der Waals surface area contributed by atoms with Gasteiger partial charge < -0.3 is 10.8 Å². The molecule has 12 nitrogen and oxygen atoms in total. The lowest BCUT2D eigenvalue weighted by atomic mass is 10.1. The van der Waals surface area contributed by atoms with E-state index in [1.165, 1.54) is 11.1 Å². The topological polar surface area (TPSA) is 161 Å². The Balaban J connectivity index is 1.62. The summed E-state index contributed by atoms with van der Waals surface area (Å²) in [5, 5.41) is 29.3. The Kier molecular flexibility index (Phi) is 5.89. The fraction of sp³-hybridized carbons (Fsp3) is 0.368. The van der Waals surface area contributed by atoms with Gasteiger partial charge in [-0.25, -0.2) is 10.1 Å². The number of hydrazone groups is 1. The van der Waals surface area contributed by atoms with Gasteiger partial charge in [0.1, 0.15) is 11.4 Å². The van der Waals surface area contributed by atoms with Gasteiger partial charge in [0.25, 0.3) is 5.91 Å². The maximum atomic E-state index is 13.1. The summed E-state index contributed by atoms with van der Waals surface area (Å²) in [5.41, 5.74) is 10.1. The van der Waals surface area contributed by atoms with E-state index < -0.39 is 5.91 Å². The Morgan fingerprint density at radius 3 is 2.81 bits per heavy atom. The number of aromatic hydroxyl groups is 1. The van der Waals surface area contributed by atoms with Crippen molar-refractivity contribution in [2.45, 2.75) is 32.7 Å². The van der Waals surface area contributed by atoms with Crippen molar-refractivity contribution in [2.75, 3.05) is 18.8 Å². The predicted octanol–water partition coefficient (Wildman–Crippen LogP) is 1.08. The standard InChI is InChI=1S/C19H23N9O3/c1-12(13-6-5-7-14(29)10-13)21-23-19(30)16-15(11-27-8-3-2-4-9-27)22-26-28(16)18-17(20)24-31-25-18/h5-7,10,29H,2-4,8-9,11H2,1H3,(H2,20,24)(H,23,30)/b21-12+. The van der Waals surface area contributed by atoms with Crippen molar-refractivity contribution in [3.8, 4) is 11.6 Å². The van der Waals surface area contributed by atoms with E-state index in [2.05, 4.69) is 40.7 Å². The second-order valence-corrected chi connectivity index (χ2v) is 7.29. The molecule has 0 atom stereocenters. The molecule has 0 aliphatic carbocycles. The van der Waals surface area contributed by atoms with Gasteiger partial charge in [-0.3, -0.25) is 9.69 Å². The molecule has 1 fully saturated rings. The molecule has 0 unspecified atom stereocenters. The van der Waals surface area contributed by atoms with E-state index in [-0.39, 0.29) is 23.1 Å². The van der Waals surface area contributed by atoms with Crippen LogP contribution in [-0.2, 0) is 6.54 Å². The van der Waals surface area contributed by atoms with Crippen LogP contribution in [0.15, 0.2) is 34.0 Å². The van der Waals surface area contributed by atoms with Crippen molar-refractivity contribution in [1.82, 2.24) is 35.6 Å². The number of rotatable bonds is 6. The summed E-state index contributed by atoms with van der Waals surface area (Å²) in [7, 11) is 0. The number of piperidine rings is 1. The van der Waals surface area contributed by atoms with Crippen LogP contribution in [-0.4, -0.2) is 60.0 Å². The summed E-state index contributed by atoms with van der Waals surface area (Å²) < 4.78 is 5.86. The number of nitrogens with two attached hydrogens (primary N) is 1. The maximum Gasteiger partial charge on any atom is 0.292 e. The molecular weight excluding hydrogens is 402 g/mol. The van der Waals surface area contributed by atoms with E-state index in [1.54, 1.807) is 31.2 Å². The third-order valence-corrected chi connectivity index (χ3v) is 5.06. The lowest BCUT2D eigenvalue weighted by molar-refractivity contribution is 0.0944. The first-order chi connectivity index (χ1) is 15.0. The molecule has 3 aromatic rings. The quantitative estimate of drug-likeness (QED) is 0.387. The van der Waals surface area contributed by atoms with Gasteiger partial charge in [0.15, 0.2) is 5.69 Å². The van der Waals surface area contributed by atoms with Gasteiger partial charge in [-0.2, -0.15) is 9.78 Å². The Labute approximate surface area is 177 Å². The van der Waals surface area contributed by atoms with Gasteiger partial charge in [-0.1, -0.05) is 23.8 Å². The first-order valence-corrected chi connectivity index (χ1v) is 9.92. The number of hydrogen-bond donors (Lipinski definition) is 3. The number of amides is 1. The Hall–Kier alpha value is -3.80. The van der Waals surface area contributed by atoms with Crippen molar-refractivity contribution >= 4 is 17.4 Å². The smallest absolute Gasteiger partial charge is 0.292 e. The van der Waals surface area contributed by atoms with Crippen LogP contribution in [0, 0.1) is 0 Å². The van der Waals surface area contributed by atoms with Gasteiger partial charge in [0.2, 0.25) is 11.6 Å². The number of nitrogens with one attached hydrogen (secondary N) is 1. The lowest BCUT2D eigenvalue weighted by Gasteiger charge is -2.25. The van der Waals surface area contributed by atoms with Crippen LogP contribution in [0.3, 0.4) is 0 Å². The van der Waals surface area contributed by atoms with Crippen LogP contribution >= 0.6 is 0 Å². The Morgan fingerprint density at radius 1 is 1.29 bits per heavy atom. The number of aromatic nitrogens is 5. The van der Waals surface area contributed by atoms with E-state index in [0.29, 0.717) is 23.5 Å².